The smallest absolute Gasteiger partial charge is 0.257 e. The lowest BCUT2D eigenvalue weighted by molar-refractivity contribution is -0.134. The molecular formula is C27H35N3O3. The van der Waals surface area contributed by atoms with E-state index >= 15 is 0 Å². The highest BCUT2D eigenvalue weighted by atomic mass is 16.5. The maximum atomic E-state index is 13.5. The molecule has 33 heavy (non-hydrogen) atoms. The molecule has 0 radical (unpaired) electrons. The number of methoxy groups -OCH3 is 2. The average Bonchev–Trinajstić information content (AvgIpc) is 3.27. The molecule has 0 spiro atoms. The molecule has 0 unspecified atom stereocenters. The number of amides is 1. The van der Waals surface area contributed by atoms with Crippen molar-refractivity contribution in [3.8, 4) is 11.5 Å². The maximum absolute atomic E-state index is 13.5. The summed E-state index contributed by atoms with van der Waals surface area (Å²) in [5, 5.41) is 6.56. The van der Waals surface area contributed by atoms with E-state index in [1.54, 1.807) is 19.2 Å². The zero-order valence-electron chi connectivity index (χ0n) is 20.4. The molecule has 2 aliphatic rings. The predicted molar refractivity (Wildman–Crippen MR) is 131 cm³/mol. The van der Waals surface area contributed by atoms with Crippen molar-refractivity contribution in [3.63, 3.8) is 0 Å². The Balaban J connectivity index is 1.65. The molecule has 0 bridgehead atoms. The summed E-state index contributed by atoms with van der Waals surface area (Å²) in [6.45, 7) is 8.82. The third-order valence-electron chi connectivity index (χ3n) is 7.04. The van der Waals surface area contributed by atoms with E-state index in [4.69, 9.17) is 14.6 Å². The van der Waals surface area contributed by atoms with E-state index in [1.807, 2.05) is 18.2 Å². The summed E-state index contributed by atoms with van der Waals surface area (Å²) in [6.07, 6.45) is 2.92. The van der Waals surface area contributed by atoms with Gasteiger partial charge in [-0.1, -0.05) is 19.1 Å². The van der Waals surface area contributed by atoms with Crippen LogP contribution in [-0.4, -0.2) is 55.4 Å². The molecule has 1 fully saturated rings. The van der Waals surface area contributed by atoms with E-state index < -0.39 is 0 Å². The fraction of sp³-hybridized carbons (Fsp3) is 0.481. The van der Waals surface area contributed by atoms with Crippen LogP contribution in [0.1, 0.15) is 54.5 Å². The van der Waals surface area contributed by atoms with Crippen molar-refractivity contribution in [2.24, 2.45) is 11.0 Å². The molecule has 0 N–H and O–H groups in total. The average molecular weight is 450 g/mol. The van der Waals surface area contributed by atoms with E-state index in [-0.39, 0.29) is 11.9 Å². The van der Waals surface area contributed by atoms with Crippen molar-refractivity contribution < 1.29 is 14.3 Å². The number of hydrazone groups is 1. The first-order valence-corrected chi connectivity index (χ1v) is 11.8. The monoisotopic (exact) mass is 449 g/mol. The van der Waals surface area contributed by atoms with Crippen LogP contribution in [0.3, 0.4) is 0 Å². The van der Waals surface area contributed by atoms with Crippen molar-refractivity contribution >= 4 is 11.6 Å². The summed E-state index contributed by atoms with van der Waals surface area (Å²) in [6, 6.07) is 12.0. The number of carbonyl (C=O) groups excluding carboxylic acids is 1. The molecule has 6 heteroatoms. The fourth-order valence-corrected chi connectivity index (χ4v) is 4.66. The van der Waals surface area contributed by atoms with Gasteiger partial charge < -0.3 is 9.47 Å². The van der Waals surface area contributed by atoms with Crippen LogP contribution in [0, 0.1) is 19.8 Å². The molecule has 1 saturated heterocycles. The number of piperidine rings is 1. The number of aryl methyl sites for hydroxylation is 2. The Bertz CT molecular complexity index is 1040. The molecule has 0 aliphatic carbocycles. The minimum absolute atomic E-state index is 0.0336. The summed E-state index contributed by atoms with van der Waals surface area (Å²) in [5.41, 5.74) is 5.42. The number of hydrogen-bond acceptors (Lipinski definition) is 5. The van der Waals surface area contributed by atoms with E-state index in [1.165, 1.54) is 11.1 Å². The third-order valence-corrected chi connectivity index (χ3v) is 7.04. The number of carbonyl (C=O) groups is 1. The maximum Gasteiger partial charge on any atom is 0.257 e. The van der Waals surface area contributed by atoms with Gasteiger partial charge in [0.15, 0.2) is 0 Å². The van der Waals surface area contributed by atoms with E-state index in [9.17, 15) is 4.79 Å². The second-order valence-electron chi connectivity index (χ2n) is 9.37. The van der Waals surface area contributed by atoms with Crippen LogP contribution in [0.15, 0.2) is 41.5 Å². The zero-order valence-corrected chi connectivity index (χ0v) is 20.4. The van der Waals surface area contributed by atoms with Gasteiger partial charge in [0.25, 0.3) is 5.91 Å². The quantitative estimate of drug-likeness (QED) is 0.640. The molecule has 2 aliphatic heterocycles. The standard InChI is InChI=1S/C27H35N3O3/c1-18-10-12-29(13-11-18)17-27(31)30-25(23-9-8-22(32-4)15-26(23)33-5)16-24(28-30)21-7-6-19(2)20(3)14-21/h6-9,14-15,18,25H,10-13,16-17H2,1-5H3/t25-/m0/s1. The molecule has 4 rings (SSSR count). The Morgan fingerprint density at radius 1 is 1.03 bits per heavy atom. The summed E-state index contributed by atoms with van der Waals surface area (Å²) < 4.78 is 11.1. The van der Waals surface area contributed by atoms with Crippen molar-refractivity contribution in [3.05, 3.63) is 58.7 Å². The Kier molecular flexibility index (Phi) is 7.03. The molecule has 2 aromatic rings. The largest absolute Gasteiger partial charge is 0.497 e. The SMILES string of the molecule is COc1ccc([C@@H]2CC(c3ccc(C)c(C)c3)=NN2C(=O)CN2CCC(C)CC2)c(OC)c1. The van der Waals surface area contributed by atoms with Crippen LogP contribution in [0.25, 0.3) is 0 Å². The molecule has 0 aromatic heterocycles. The molecule has 1 atom stereocenters. The topological polar surface area (TPSA) is 54.4 Å². The summed E-state index contributed by atoms with van der Waals surface area (Å²) in [4.78, 5) is 15.8. The van der Waals surface area contributed by atoms with Gasteiger partial charge in [-0.3, -0.25) is 9.69 Å². The molecule has 0 saturated carbocycles. The second-order valence-corrected chi connectivity index (χ2v) is 9.37. The van der Waals surface area contributed by atoms with E-state index in [0.717, 1.165) is 54.4 Å². The second kappa shape index (κ2) is 9.96. The van der Waals surface area contributed by atoms with Crippen molar-refractivity contribution in [2.45, 2.75) is 46.1 Å². The number of ether oxygens (including phenoxy) is 2. The van der Waals surface area contributed by atoms with Crippen LogP contribution in [0.4, 0.5) is 0 Å². The normalized spacial score (nSPS) is 19.5. The lowest BCUT2D eigenvalue weighted by Crippen LogP contribution is -2.41. The lowest BCUT2D eigenvalue weighted by atomic mass is 9.95. The molecule has 1 amide bonds. The highest BCUT2D eigenvalue weighted by Gasteiger charge is 2.36. The van der Waals surface area contributed by atoms with Gasteiger partial charge in [-0.25, -0.2) is 5.01 Å². The van der Waals surface area contributed by atoms with Gasteiger partial charge in [0, 0.05) is 18.1 Å². The third kappa shape index (κ3) is 5.06. The highest BCUT2D eigenvalue weighted by Crippen LogP contribution is 2.39. The van der Waals surface area contributed by atoms with Gasteiger partial charge in [0.2, 0.25) is 0 Å². The number of rotatable bonds is 6. The molecule has 2 aromatic carbocycles. The number of nitrogens with zero attached hydrogens (tertiary/aromatic N) is 3. The van der Waals surface area contributed by atoms with Gasteiger partial charge >= 0.3 is 0 Å². The number of hydrogen-bond donors (Lipinski definition) is 0. The first-order valence-electron chi connectivity index (χ1n) is 11.8. The van der Waals surface area contributed by atoms with Gasteiger partial charge in [-0.15, -0.1) is 0 Å². The predicted octanol–water partition coefficient (Wildman–Crippen LogP) is 4.73. The Labute approximate surface area is 197 Å². The van der Waals surface area contributed by atoms with Crippen LogP contribution in [0.2, 0.25) is 0 Å². The van der Waals surface area contributed by atoms with Crippen LogP contribution in [0.5, 0.6) is 11.5 Å². The zero-order chi connectivity index (χ0) is 23.5. The number of benzene rings is 2. The molecule has 2 heterocycles. The van der Waals surface area contributed by atoms with Gasteiger partial charge in [0.1, 0.15) is 11.5 Å². The Hall–Kier alpha value is -2.86. The van der Waals surface area contributed by atoms with Crippen molar-refractivity contribution in [1.82, 2.24) is 9.91 Å². The van der Waals surface area contributed by atoms with E-state index in [0.29, 0.717) is 18.7 Å². The molecule has 176 valence electrons. The van der Waals surface area contributed by atoms with Crippen LogP contribution in [-0.2, 0) is 4.79 Å². The minimum atomic E-state index is -0.210. The minimum Gasteiger partial charge on any atom is -0.497 e. The van der Waals surface area contributed by atoms with Crippen molar-refractivity contribution in [2.75, 3.05) is 33.9 Å². The Morgan fingerprint density at radius 3 is 2.45 bits per heavy atom. The van der Waals surface area contributed by atoms with Gasteiger partial charge in [-0.2, -0.15) is 5.10 Å². The highest BCUT2D eigenvalue weighted by molar-refractivity contribution is 6.03. The van der Waals surface area contributed by atoms with Crippen LogP contribution < -0.4 is 9.47 Å². The van der Waals surface area contributed by atoms with Gasteiger partial charge in [-0.05, 0) is 80.6 Å². The van der Waals surface area contributed by atoms with Gasteiger partial charge in [0.05, 0.1) is 32.5 Å². The van der Waals surface area contributed by atoms with Crippen molar-refractivity contribution in [1.29, 1.82) is 0 Å². The molecular weight excluding hydrogens is 414 g/mol. The lowest BCUT2D eigenvalue weighted by Gasteiger charge is -2.31. The van der Waals surface area contributed by atoms with Crippen LogP contribution >= 0.6 is 0 Å². The number of likely N-dealkylation sites (tertiary alicyclic amines) is 1. The Morgan fingerprint density at radius 2 is 1.79 bits per heavy atom. The summed E-state index contributed by atoms with van der Waals surface area (Å²) in [7, 11) is 3.29. The summed E-state index contributed by atoms with van der Waals surface area (Å²) >= 11 is 0. The first kappa shape index (κ1) is 23.3. The fourth-order valence-electron chi connectivity index (χ4n) is 4.66. The molecule has 6 nitrogen and oxygen atoms in total. The summed E-state index contributed by atoms with van der Waals surface area (Å²) in [5.74, 6) is 2.20. The van der Waals surface area contributed by atoms with E-state index in [2.05, 4.69) is 43.9 Å². The first-order chi connectivity index (χ1) is 15.9.